The maximum atomic E-state index is 5.87. The minimum atomic E-state index is 0.0502. The van der Waals surface area contributed by atoms with Crippen LogP contribution in [0.4, 0.5) is 5.82 Å². The molecule has 6 heteroatoms. The van der Waals surface area contributed by atoms with Gasteiger partial charge in [-0.3, -0.25) is 0 Å². The second kappa shape index (κ2) is 5.62. The van der Waals surface area contributed by atoms with Gasteiger partial charge in [-0.2, -0.15) is 0 Å². The van der Waals surface area contributed by atoms with E-state index in [-0.39, 0.29) is 6.04 Å². The molecule has 5 nitrogen and oxygen atoms in total. The Labute approximate surface area is 138 Å². The van der Waals surface area contributed by atoms with E-state index in [1.54, 1.807) is 11.3 Å². The molecule has 0 radical (unpaired) electrons. The van der Waals surface area contributed by atoms with Crippen LogP contribution in [0.25, 0.3) is 10.2 Å². The third-order valence-corrected chi connectivity index (χ3v) is 5.19. The van der Waals surface area contributed by atoms with Gasteiger partial charge in [0.15, 0.2) is 0 Å². The lowest BCUT2D eigenvalue weighted by Gasteiger charge is -2.35. The summed E-state index contributed by atoms with van der Waals surface area (Å²) in [6.07, 6.45) is 0. The van der Waals surface area contributed by atoms with Crippen molar-refractivity contribution < 1.29 is 9.15 Å². The Bertz CT molecular complexity index is 855. The molecule has 120 valence electrons. The Morgan fingerprint density at radius 3 is 2.87 bits per heavy atom. The summed E-state index contributed by atoms with van der Waals surface area (Å²) < 4.78 is 11.6. The van der Waals surface area contributed by atoms with Gasteiger partial charge >= 0.3 is 0 Å². The van der Waals surface area contributed by atoms with Crippen molar-refractivity contribution in [1.29, 1.82) is 0 Å². The van der Waals surface area contributed by atoms with Gasteiger partial charge in [0.2, 0.25) is 0 Å². The zero-order valence-corrected chi connectivity index (χ0v) is 14.3. The summed E-state index contributed by atoms with van der Waals surface area (Å²) >= 11 is 1.67. The minimum absolute atomic E-state index is 0.0502. The molecule has 0 aromatic carbocycles. The van der Waals surface area contributed by atoms with Crippen LogP contribution >= 0.6 is 11.3 Å². The predicted octanol–water partition coefficient (Wildman–Crippen LogP) is 3.79. The van der Waals surface area contributed by atoms with Crippen LogP contribution in [0.5, 0.6) is 0 Å². The zero-order chi connectivity index (χ0) is 16.0. The van der Waals surface area contributed by atoms with Crippen molar-refractivity contribution in [2.45, 2.75) is 26.8 Å². The molecule has 3 aromatic rings. The molecule has 0 aliphatic carbocycles. The van der Waals surface area contributed by atoms with Crippen molar-refractivity contribution in [3.8, 4) is 0 Å². The number of thiophene rings is 1. The van der Waals surface area contributed by atoms with E-state index in [2.05, 4.69) is 22.2 Å². The maximum absolute atomic E-state index is 5.87. The Hall–Kier alpha value is -1.92. The highest BCUT2D eigenvalue weighted by molar-refractivity contribution is 7.17. The molecule has 1 unspecified atom stereocenters. The van der Waals surface area contributed by atoms with Gasteiger partial charge < -0.3 is 14.1 Å². The van der Waals surface area contributed by atoms with E-state index >= 15 is 0 Å². The summed E-state index contributed by atoms with van der Waals surface area (Å²) in [5.41, 5.74) is 1.22. The van der Waals surface area contributed by atoms with Gasteiger partial charge in [0.25, 0.3) is 0 Å². The number of nitrogens with zero attached hydrogens (tertiary/aromatic N) is 3. The minimum Gasteiger partial charge on any atom is -0.464 e. The number of furan rings is 1. The van der Waals surface area contributed by atoms with Crippen LogP contribution in [0.1, 0.15) is 29.0 Å². The lowest BCUT2D eigenvalue weighted by atomic mass is 10.1. The number of ether oxygens (including phenoxy) is 1. The molecule has 0 saturated carbocycles. The third-order valence-electron chi connectivity index (χ3n) is 4.20. The van der Waals surface area contributed by atoms with E-state index in [1.807, 2.05) is 26.0 Å². The SMILES string of the molecule is Cc1nc(N2CCOCC2c2ccc(C)o2)c2c(C)csc2n1. The molecule has 4 heterocycles. The van der Waals surface area contributed by atoms with Crippen molar-refractivity contribution in [3.63, 3.8) is 0 Å². The summed E-state index contributed by atoms with van der Waals surface area (Å²) in [6, 6.07) is 4.08. The third kappa shape index (κ3) is 2.52. The molecule has 0 N–H and O–H groups in total. The van der Waals surface area contributed by atoms with Crippen LogP contribution in [-0.4, -0.2) is 29.7 Å². The second-order valence-electron chi connectivity index (χ2n) is 5.93. The first kappa shape index (κ1) is 14.7. The van der Waals surface area contributed by atoms with Gasteiger partial charge in [-0.25, -0.2) is 9.97 Å². The van der Waals surface area contributed by atoms with Gasteiger partial charge in [0.1, 0.15) is 34.0 Å². The van der Waals surface area contributed by atoms with Gasteiger partial charge in [-0.15, -0.1) is 11.3 Å². The lowest BCUT2D eigenvalue weighted by Crippen LogP contribution is -2.40. The average Bonchev–Trinajstić information content (AvgIpc) is 3.13. The van der Waals surface area contributed by atoms with E-state index < -0.39 is 0 Å². The molecule has 23 heavy (non-hydrogen) atoms. The van der Waals surface area contributed by atoms with E-state index in [9.17, 15) is 0 Å². The van der Waals surface area contributed by atoms with Crippen LogP contribution in [-0.2, 0) is 4.74 Å². The number of hydrogen-bond acceptors (Lipinski definition) is 6. The summed E-state index contributed by atoms with van der Waals surface area (Å²) in [6.45, 7) is 8.14. The van der Waals surface area contributed by atoms with Crippen molar-refractivity contribution in [2.75, 3.05) is 24.7 Å². The second-order valence-corrected chi connectivity index (χ2v) is 6.78. The zero-order valence-electron chi connectivity index (χ0n) is 13.5. The summed E-state index contributed by atoms with van der Waals surface area (Å²) in [5, 5.41) is 3.30. The molecule has 0 spiro atoms. The maximum Gasteiger partial charge on any atom is 0.142 e. The molecule has 4 rings (SSSR count). The van der Waals surface area contributed by atoms with Crippen LogP contribution < -0.4 is 4.90 Å². The van der Waals surface area contributed by atoms with Crippen LogP contribution in [0.3, 0.4) is 0 Å². The van der Waals surface area contributed by atoms with Crippen molar-refractivity contribution >= 4 is 27.4 Å². The van der Waals surface area contributed by atoms with E-state index in [0.717, 1.165) is 39.9 Å². The molecular weight excluding hydrogens is 310 g/mol. The number of aryl methyl sites for hydroxylation is 3. The lowest BCUT2D eigenvalue weighted by molar-refractivity contribution is 0.0871. The average molecular weight is 329 g/mol. The largest absolute Gasteiger partial charge is 0.464 e. The van der Waals surface area contributed by atoms with Crippen molar-refractivity contribution in [1.82, 2.24) is 9.97 Å². The summed E-state index contributed by atoms with van der Waals surface area (Å²) in [4.78, 5) is 12.7. The van der Waals surface area contributed by atoms with Gasteiger partial charge in [-0.1, -0.05) is 0 Å². The fraction of sp³-hybridized carbons (Fsp3) is 0.412. The number of rotatable bonds is 2. The molecule has 1 atom stereocenters. The Balaban J connectivity index is 1.85. The molecule has 1 aliphatic heterocycles. The Morgan fingerprint density at radius 2 is 2.09 bits per heavy atom. The fourth-order valence-corrected chi connectivity index (χ4v) is 4.06. The van der Waals surface area contributed by atoms with Crippen LogP contribution in [0.2, 0.25) is 0 Å². The first-order chi connectivity index (χ1) is 11.1. The highest BCUT2D eigenvalue weighted by atomic mass is 32.1. The number of fused-ring (bicyclic) bond motifs is 1. The van der Waals surface area contributed by atoms with E-state index in [0.29, 0.717) is 13.2 Å². The van der Waals surface area contributed by atoms with Crippen LogP contribution in [0, 0.1) is 20.8 Å². The number of hydrogen-bond donors (Lipinski definition) is 0. The molecule has 0 bridgehead atoms. The Kier molecular flexibility index (Phi) is 3.58. The molecular formula is C17H19N3O2S. The van der Waals surface area contributed by atoms with Crippen LogP contribution in [0.15, 0.2) is 21.9 Å². The summed E-state index contributed by atoms with van der Waals surface area (Å²) in [7, 11) is 0. The van der Waals surface area contributed by atoms with Crippen molar-refractivity contribution in [2.24, 2.45) is 0 Å². The smallest absolute Gasteiger partial charge is 0.142 e. The topological polar surface area (TPSA) is 51.4 Å². The molecule has 1 aliphatic rings. The Morgan fingerprint density at radius 1 is 1.22 bits per heavy atom. The van der Waals surface area contributed by atoms with Gasteiger partial charge in [0, 0.05) is 6.54 Å². The molecule has 0 amide bonds. The molecule has 1 saturated heterocycles. The van der Waals surface area contributed by atoms with E-state index in [1.165, 1.54) is 5.56 Å². The standard InChI is InChI=1S/C17H19N3O2S/c1-10-9-23-17-15(10)16(18-12(3)19-17)20-6-7-21-8-13(20)14-5-4-11(2)22-14/h4-5,9,13H,6-8H2,1-3H3. The quantitative estimate of drug-likeness (QED) is 0.716. The summed E-state index contributed by atoms with van der Waals surface area (Å²) in [5.74, 6) is 3.64. The normalized spacial score (nSPS) is 18.7. The first-order valence-electron chi connectivity index (χ1n) is 7.76. The highest BCUT2D eigenvalue weighted by Gasteiger charge is 2.30. The van der Waals surface area contributed by atoms with Gasteiger partial charge in [0.05, 0.1) is 18.6 Å². The highest BCUT2D eigenvalue weighted by Crippen LogP contribution is 2.37. The fourth-order valence-electron chi connectivity index (χ4n) is 3.10. The van der Waals surface area contributed by atoms with Crippen molar-refractivity contribution in [3.05, 3.63) is 40.4 Å². The number of anilines is 1. The van der Waals surface area contributed by atoms with E-state index in [4.69, 9.17) is 14.1 Å². The van der Waals surface area contributed by atoms with Gasteiger partial charge in [-0.05, 0) is 43.8 Å². The number of morpholine rings is 1. The monoisotopic (exact) mass is 329 g/mol. The molecule has 1 fully saturated rings. The predicted molar refractivity (Wildman–Crippen MR) is 91.2 cm³/mol. The molecule has 3 aromatic heterocycles. The first-order valence-corrected chi connectivity index (χ1v) is 8.64. The number of aromatic nitrogens is 2.